The third-order valence-electron chi connectivity index (χ3n) is 3.62. The zero-order valence-electron chi connectivity index (χ0n) is 11.2. The molecule has 18 heavy (non-hydrogen) atoms. The van der Waals surface area contributed by atoms with E-state index in [9.17, 15) is 4.79 Å². The molecule has 0 unspecified atom stereocenters. The van der Waals surface area contributed by atoms with Gasteiger partial charge in [-0.3, -0.25) is 9.48 Å². The minimum Gasteiger partial charge on any atom is -0.317 e. The number of nitrogens with one attached hydrogen (secondary N) is 2. The van der Waals surface area contributed by atoms with Gasteiger partial charge in [0, 0.05) is 25.2 Å². The summed E-state index contributed by atoms with van der Waals surface area (Å²) in [6.45, 7) is 4.15. The van der Waals surface area contributed by atoms with Crippen molar-refractivity contribution in [3.8, 4) is 0 Å². The standard InChI is InChI=1S/C13H22N4O/c1-10-9-12(16-17(10)2)15-13(18)4-3-11-5-7-14-8-6-11/h9,11,14H,3-8H2,1-2H3,(H,15,16,18). The lowest BCUT2D eigenvalue weighted by molar-refractivity contribution is -0.116. The molecule has 1 fully saturated rings. The molecule has 1 aromatic rings. The Morgan fingerprint density at radius 3 is 2.89 bits per heavy atom. The molecule has 5 heteroatoms. The van der Waals surface area contributed by atoms with E-state index in [4.69, 9.17) is 0 Å². The predicted octanol–water partition coefficient (Wildman–Crippen LogP) is 1.45. The summed E-state index contributed by atoms with van der Waals surface area (Å²) in [7, 11) is 1.88. The lowest BCUT2D eigenvalue weighted by atomic mass is 9.93. The zero-order chi connectivity index (χ0) is 13.0. The highest BCUT2D eigenvalue weighted by Crippen LogP contribution is 2.18. The van der Waals surface area contributed by atoms with E-state index < -0.39 is 0 Å². The predicted molar refractivity (Wildman–Crippen MR) is 71.4 cm³/mol. The molecule has 0 atom stereocenters. The van der Waals surface area contributed by atoms with E-state index in [1.165, 1.54) is 12.8 Å². The number of hydrogen-bond acceptors (Lipinski definition) is 3. The van der Waals surface area contributed by atoms with Crippen molar-refractivity contribution in [3.05, 3.63) is 11.8 Å². The number of rotatable bonds is 4. The van der Waals surface area contributed by atoms with Crippen LogP contribution in [-0.2, 0) is 11.8 Å². The van der Waals surface area contributed by atoms with Gasteiger partial charge < -0.3 is 10.6 Å². The van der Waals surface area contributed by atoms with E-state index in [1.807, 2.05) is 20.0 Å². The number of anilines is 1. The van der Waals surface area contributed by atoms with Crippen molar-refractivity contribution in [3.63, 3.8) is 0 Å². The first kappa shape index (κ1) is 13.1. The fourth-order valence-corrected chi connectivity index (χ4v) is 2.33. The van der Waals surface area contributed by atoms with Crippen LogP contribution in [0, 0.1) is 12.8 Å². The molecule has 0 bridgehead atoms. The molecule has 2 N–H and O–H groups in total. The first-order valence-corrected chi connectivity index (χ1v) is 6.66. The summed E-state index contributed by atoms with van der Waals surface area (Å²) in [5, 5.41) is 10.4. The van der Waals surface area contributed by atoms with Crippen LogP contribution in [-0.4, -0.2) is 28.8 Å². The van der Waals surface area contributed by atoms with Crippen LogP contribution in [0.1, 0.15) is 31.4 Å². The summed E-state index contributed by atoms with van der Waals surface area (Å²) in [5.41, 5.74) is 1.05. The Bertz CT molecular complexity index is 388. The van der Waals surface area contributed by atoms with Crippen LogP contribution in [0.4, 0.5) is 5.82 Å². The lowest BCUT2D eigenvalue weighted by Gasteiger charge is -2.21. The third-order valence-corrected chi connectivity index (χ3v) is 3.62. The fourth-order valence-electron chi connectivity index (χ4n) is 2.33. The van der Waals surface area contributed by atoms with Gasteiger partial charge in [0.1, 0.15) is 0 Å². The van der Waals surface area contributed by atoms with Gasteiger partial charge in [-0.2, -0.15) is 5.10 Å². The molecule has 0 spiro atoms. The summed E-state index contributed by atoms with van der Waals surface area (Å²) in [6, 6.07) is 1.89. The van der Waals surface area contributed by atoms with Gasteiger partial charge in [-0.25, -0.2) is 0 Å². The number of aryl methyl sites for hydroxylation is 2. The Labute approximate surface area is 108 Å². The van der Waals surface area contributed by atoms with Crippen LogP contribution >= 0.6 is 0 Å². The molecule has 1 aliphatic heterocycles. The second-order valence-corrected chi connectivity index (χ2v) is 5.07. The Balaban J connectivity index is 1.74. The maximum Gasteiger partial charge on any atom is 0.225 e. The molecular weight excluding hydrogens is 228 g/mol. The third kappa shape index (κ3) is 3.57. The van der Waals surface area contributed by atoms with Crippen molar-refractivity contribution < 1.29 is 4.79 Å². The van der Waals surface area contributed by atoms with Crippen molar-refractivity contribution in [1.82, 2.24) is 15.1 Å². The maximum absolute atomic E-state index is 11.8. The molecular formula is C13H22N4O. The Hall–Kier alpha value is -1.36. The van der Waals surface area contributed by atoms with Crippen LogP contribution in [0.3, 0.4) is 0 Å². The van der Waals surface area contributed by atoms with Crippen LogP contribution in [0.25, 0.3) is 0 Å². The first-order chi connectivity index (χ1) is 8.65. The van der Waals surface area contributed by atoms with Gasteiger partial charge in [-0.15, -0.1) is 0 Å². The fraction of sp³-hybridized carbons (Fsp3) is 0.692. The number of amides is 1. The van der Waals surface area contributed by atoms with Gasteiger partial charge in [0.25, 0.3) is 0 Å². The average Bonchev–Trinajstić information content (AvgIpc) is 2.67. The van der Waals surface area contributed by atoms with E-state index in [1.54, 1.807) is 4.68 Å². The summed E-state index contributed by atoms with van der Waals surface area (Å²) in [5.74, 6) is 1.43. The number of nitrogens with zero attached hydrogens (tertiary/aromatic N) is 2. The van der Waals surface area contributed by atoms with Crippen LogP contribution in [0.5, 0.6) is 0 Å². The second kappa shape index (κ2) is 6.00. The second-order valence-electron chi connectivity index (χ2n) is 5.07. The van der Waals surface area contributed by atoms with E-state index in [0.29, 0.717) is 18.2 Å². The molecule has 100 valence electrons. The number of aromatic nitrogens is 2. The lowest BCUT2D eigenvalue weighted by Crippen LogP contribution is -2.28. The van der Waals surface area contributed by atoms with Crippen LogP contribution < -0.4 is 10.6 Å². The molecule has 1 amide bonds. The quantitative estimate of drug-likeness (QED) is 0.850. The van der Waals surface area contributed by atoms with Crippen LogP contribution in [0.15, 0.2) is 6.07 Å². The minimum atomic E-state index is 0.0756. The minimum absolute atomic E-state index is 0.0756. The summed E-state index contributed by atoms with van der Waals surface area (Å²) >= 11 is 0. The summed E-state index contributed by atoms with van der Waals surface area (Å²) in [6.07, 6.45) is 3.96. The van der Waals surface area contributed by atoms with Crippen molar-refractivity contribution >= 4 is 11.7 Å². The molecule has 5 nitrogen and oxygen atoms in total. The Morgan fingerprint density at radius 1 is 1.56 bits per heavy atom. The van der Waals surface area contributed by atoms with Crippen molar-refractivity contribution in [2.45, 2.75) is 32.6 Å². The summed E-state index contributed by atoms with van der Waals surface area (Å²) < 4.78 is 1.77. The van der Waals surface area contributed by atoms with Gasteiger partial charge >= 0.3 is 0 Å². The van der Waals surface area contributed by atoms with E-state index >= 15 is 0 Å². The molecule has 2 heterocycles. The number of piperidine rings is 1. The van der Waals surface area contributed by atoms with Crippen molar-refractivity contribution in [1.29, 1.82) is 0 Å². The van der Waals surface area contributed by atoms with Crippen LogP contribution in [0.2, 0.25) is 0 Å². The zero-order valence-corrected chi connectivity index (χ0v) is 11.2. The molecule has 0 saturated carbocycles. The molecule has 0 aromatic carbocycles. The molecule has 2 rings (SSSR count). The average molecular weight is 250 g/mol. The number of hydrogen-bond donors (Lipinski definition) is 2. The van der Waals surface area contributed by atoms with Gasteiger partial charge in [-0.05, 0) is 45.2 Å². The molecule has 1 saturated heterocycles. The SMILES string of the molecule is Cc1cc(NC(=O)CCC2CCNCC2)nn1C. The highest BCUT2D eigenvalue weighted by Gasteiger charge is 2.15. The normalized spacial score (nSPS) is 16.8. The smallest absolute Gasteiger partial charge is 0.225 e. The Morgan fingerprint density at radius 2 is 2.28 bits per heavy atom. The van der Waals surface area contributed by atoms with E-state index in [-0.39, 0.29) is 5.91 Å². The molecule has 1 aromatic heterocycles. The first-order valence-electron chi connectivity index (χ1n) is 6.66. The maximum atomic E-state index is 11.8. The molecule has 0 radical (unpaired) electrons. The van der Waals surface area contributed by atoms with Crippen molar-refractivity contribution in [2.24, 2.45) is 13.0 Å². The van der Waals surface area contributed by atoms with Gasteiger partial charge in [0.15, 0.2) is 5.82 Å². The molecule has 1 aliphatic rings. The van der Waals surface area contributed by atoms with E-state index in [0.717, 1.165) is 25.2 Å². The van der Waals surface area contributed by atoms with Gasteiger partial charge in [0.05, 0.1) is 0 Å². The largest absolute Gasteiger partial charge is 0.317 e. The number of carbonyl (C=O) groups is 1. The monoisotopic (exact) mass is 250 g/mol. The van der Waals surface area contributed by atoms with Gasteiger partial charge in [0.2, 0.25) is 5.91 Å². The summed E-state index contributed by atoms with van der Waals surface area (Å²) in [4.78, 5) is 11.8. The highest BCUT2D eigenvalue weighted by atomic mass is 16.1. The van der Waals surface area contributed by atoms with Crippen molar-refractivity contribution in [2.75, 3.05) is 18.4 Å². The van der Waals surface area contributed by atoms with Gasteiger partial charge in [-0.1, -0.05) is 0 Å². The molecule has 0 aliphatic carbocycles. The number of carbonyl (C=O) groups excluding carboxylic acids is 1. The Kier molecular flexibility index (Phi) is 4.36. The highest BCUT2D eigenvalue weighted by molar-refractivity contribution is 5.89. The topological polar surface area (TPSA) is 59.0 Å². The van der Waals surface area contributed by atoms with E-state index in [2.05, 4.69) is 15.7 Å².